The van der Waals surface area contributed by atoms with E-state index in [-0.39, 0.29) is 4.90 Å². The fourth-order valence-corrected chi connectivity index (χ4v) is 3.99. The summed E-state index contributed by atoms with van der Waals surface area (Å²) in [5.41, 5.74) is 6.34. The lowest BCUT2D eigenvalue weighted by Gasteiger charge is -2.14. The zero-order valence-electron chi connectivity index (χ0n) is 13.0. The van der Waals surface area contributed by atoms with Crippen LogP contribution >= 0.6 is 0 Å². The van der Waals surface area contributed by atoms with Crippen molar-refractivity contribution in [1.82, 2.24) is 0 Å². The maximum Gasteiger partial charge on any atom is 0.261 e. The lowest BCUT2D eigenvalue weighted by Crippen LogP contribution is -2.14. The van der Waals surface area contributed by atoms with Gasteiger partial charge in [0.15, 0.2) is 0 Å². The highest BCUT2D eigenvalue weighted by molar-refractivity contribution is 7.92. The Morgan fingerprint density at radius 3 is 2.32 bits per heavy atom. The summed E-state index contributed by atoms with van der Waals surface area (Å²) in [4.78, 5) is 0.287. The maximum absolute atomic E-state index is 12.6. The molecule has 0 saturated heterocycles. The van der Waals surface area contributed by atoms with E-state index in [1.54, 1.807) is 24.3 Å². The van der Waals surface area contributed by atoms with Gasteiger partial charge in [0, 0.05) is 0 Å². The standard InChI is InChI=1S/C18H19NO2S/c1-12-4-8-15(9-5-12)22(20,21)19-17-11-7-14(3)18-13(2)6-10-16(17)18/h4-9,11,19H,10H2,1-3H3. The van der Waals surface area contributed by atoms with Crippen molar-refractivity contribution in [2.45, 2.75) is 32.1 Å². The van der Waals surface area contributed by atoms with E-state index in [4.69, 9.17) is 0 Å². The first-order valence-electron chi connectivity index (χ1n) is 7.27. The smallest absolute Gasteiger partial charge is 0.261 e. The zero-order chi connectivity index (χ0) is 15.9. The van der Waals surface area contributed by atoms with Crippen molar-refractivity contribution in [3.63, 3.8) is 0 Å². The molecule has 3 rings (SSSR count). The van der Waals surface area contributed by atoms with E-state index >= 15 is 0 Å². The number of hydrogen-bond acceptors (Lipinski definition) is 2. The second-order valence-corrected chi connectivity index (χ2v) is 7.48. The minimum Gasteiger partial charge on any atom is -0.279 e. The number of nitrogens with one attached hydrogen (secondary N) is 1. The Bertz CT molecular complexity index is 863. The van der Waals surface area contributed by atoms with E-state index in [1.165, 1.54) is 16.7 Å². The Labute approximate surface area is 131 Å². The van der Waals surface area contributed by atoms with Crippen LogP contribution in [0.2, 0.25) is 0 Å². The van der Waals surface area contributed by atoms with Crippen molar-refractivity contribution >= 4 is 21.3 Å². The van der Waals surface area contributed by atoms with Crippen LogP contribution in [0.4, 0.5) is 5.69 Å². The van der Waals surface area contributed by atoms with Crippen molar-refractivity contribution < 1.29 is 8.42 Å². The van der Waals surface area contributed by atoms with E-state index in [0.29, 0.717) is 5.69 Å². The Morgan fingerprint density at radius 2 is 1.64 bits per heavy atom. The van der Waals surface area contributed by atoms with E-state index < -0.39 is 10.0 Å². The number of sulfonamides is 1. The molecule has 22 heavy (non-hydrogen) atoms. The van der Waals surface area contributed by atoms with Crippen LogP contribution in [-0.2, 0) is 16.4 Å². The highest BCUT2D eigenvalue weighted by Gasteiger charge is 2.21. The van der Waals surface area contributed by atoms with Gasteiger partial charge >= 0.3 is 0 Å². The van der Waals surface area contributed by atoms with Gasteiger partial charge in [0.2, 0.25) is 0 Å². The molecule has 0 saturated carbocycles. The zero-order valence-corrected chi connectivity index (χ0v) is 13.8. The van der Waals surface area contributed by atoms with E-state index in [9.17, 15) is 8.42 Å². The molecule has 4 heteroatoms. The number of rotatable bonds is 3. The fraction of sp³-hybridized carbons (Fsp3) is 0.222. The summed E-state index contributed by atoms with van der Waals surface area (Å²) in [6.07, 6.45) is 2.91. The topological polar surface area (TPSA) is 46.2 Å². The molecule has 0 atom stereocenters. The molecular weight excluding hydrogens is 294 g/mol. The molecule has 0 aromatic heterocycles. The highest BCUT2D eigenvalue weighted by atomic mass is 32.2. The molecule has 1 N–H and O–H groups in total. The molecule has 0 bridgehead atoms. The third kappa shape index (κ3) is 2.55. The number of allylic oxidation sites excluding steroid dienone is 2. The molecule has 0 fully saturated rings. The van der Waals surface area contributed by atoms with Gasteiger partial charge in [-0.1, -0.05) is 29.8 Å². The lowest BCUT2D eigenvalue weighted by atomic mass is 9.99. The molecule has 3 nitrogen and oxygen atoms in total. The average molecular weight is 313 g/mol. The normalized spacial score (nSPS) is 13.7. The highest BCUT2D eigenvalue weighted by Crippen LogP contribution is 2.35. The van der Waals surface area contributed by atoms with Gasteiger partial charge in [-0.3, -0.25) is 4.72 Å². The molecule has 2 aromatic rings. The van der Waals surface area contributed by atoms with Crippen LogP contribution in [0, 0.1) is 13.8 Å². The summed E-state index contributed by atoms with van der Waals surface area (Å²) in [6, 6.07) is 10.7. The summed E-state index contributed by atoms with van der Waals surface area (Å²) in [7, 11) is -3.56. The lowest BCUT2D eigenvalue weighted by molar-refractivity contribution is 0.601. The van der Waals surface area contributed by atoms with Gasteiger partial charge in [-0.25, -0.2) is 8.42 Å². The first kappa shape index (κ1) is 14.9. The first-order valence-corrected chi connectivity index (χ1v) is 8.76. The molecule has 0 heterocycles. The Morgan fingerprint density at radius 1 is 0.955 bits per heavy atom. The monoisotopic (exact) mass is 313 g/mol. The maximum atomic E-state index is 12.6. The van der Waals surface area contributed by atoms with Crippen LogP contribution in [-0.4, -0.2) is 8.42 Å². The second-order valence-electron chi connectivity index (χ2n) is 5.79. The molecule has 1 aliphatic carbocycles. The Kier molecular flexibility index (Phi) is 3.57. The predicted molar refractivity (Wildman–Crippen MR) is 90.5 cm³/mol. The summed E-state index contributed by atoms with van der Waals surface area (Å²) in [5, 5.41) is 0. The summed E-state index contributed by atoms with van der Waals surface area (Å²) >= 11 is 0. The fourth-order valence-electron chi connectivity index (χ4n) is 2.90. The van der Waals surface area contributed by atoms with Crippen LogP contribution in [0.1, 0.15) is 29.2 Å². The van der Waals surface area contributed by atoms with Crippen molar-refractivity contribution in [3.05, 3.63) is 64.7 Å². The Balaban J connectivity index is 1.99. The summed E-state index contributed by atoms with van der Waals surface area (Å²) in [6.45, 7) is 6.06. The quantitative estimate of drug-likeness (QED) is 0.928. The number of aryl methyl sites for hydroxylation is 2. The Hall–Kier alpha value is -2.07. The molecule has 0 spiro atoms. The number of fused-ring (bicyclic) bond motifs is 1. The molecule has 0 amide bonds. The van der Waals surface area contributed by atoms with Gasteiger partial charge in [0.1, 0.15) is 0 Å². The van der Waals surface area contributed by atoms with Crippen molar-refractivity contribution in [3.8, 4) is 0 Å². The van der Waals surface area contributed by atoms with Gasteiger partial charge in [0.25, 0.3) is 10.0 Å². The van der Waals surface area contributed by atoms with E-state index in [2.05, 4.69) is 24.6 Å². The van der Waals surface area contributed by atoms with Crippen molar-refractivity contribution in [2.75, 3.05) is 4.72 Å². The third-order valence-electron chi connectivity index (χ3n) is 4.10. The number of hydrogen-bond donors (Lipinski definition) is 1. The minimum atomic E-state index is -3.56. The third-order valence-corrected chi connectivity index (χ3v) is 5.48. The van der Waals surface area contributed by atoms with Crippen molar-refractivity contribution in [1.29, 1.82) is 0 Å². The van der Waals surface area contributed by atoms with Gasteiger partial charge in [-0.2, -0.15) is 0 Å². The van der Waals surface area contributed by atoms with Crippen LogP contribution < -0.4 is 4.72 Å². The molecule has 2 aromatic carbocycles. The van der Waals surface area contributed by atoms with Gasteiger partial charge in [0.05, 0.1) is 10.6 Å². The van der Waals surface area contributed by atoms with E-state index in [0.717, 1.165) is 17.5 Å². The molecule has 0 unspecified atom stereocenters. The molecular formula is C18H19NO2S. The predicted octanol–water partition coefficient (Wildman–Crippen LogP) is 4.06. The average Bonchev–Trinajstić information content (AvgIpc) is 2.86. The number of benzene rings is 2. The van der Waals surface area contributed by atoms with Crippen LogP contribution in [0.3, 0.4) is 0 Å². The van der Waals surface area contributed by atoms with Gasteiger partial charge in [-0.05, 0) is 67.7 Å². The summed E-state index contributed by atoms with van der Waals surface area (Å²) < 4.78 is 27.8. The van der Waals surface area contributed by atoms with Crippen molar-refractivity contribution in [2.24, 2.45) is 0 Å². The van der Waals surface area contributed by atoms with Gasteiger partial charge in [-0.15, -0.1) is 0 Å². The number of anilines is 1. The molecule has 0 aliphatic heterocycles. The van der Waals surface area contributed by atoms with Crippen LogP contribution in [0.5, 0.6) is 0 Å². The SMILES string of the molecule is CC1=CCc2c(NS(=O)(=O)c3ccc(C)cc3)ccc(C)c21. The molecule has 1 aliphatic rings. The van der Waals surface area contributed by atoms with E-state index in [1.807, 2.05) is 19.1 Å². The van der Waals surface area contributed by atoms with Crippen LogP contribution in [0.15, 0.2) is 47.4 Å². The van der Waals surface area contributed by atoms with Gasteiger partial charge < -0.3 is 0 Å². The summed E-state index contributed by atoms with van der Waals surface area (Å²) in [5.74, 6) is 0. The molecule has 0 radical (unpaired) electrons. The second kappa shape index (κ2) is 5.29. The van der Waals surface area contributed by atoms with Crippen LogP contribution in [0.25, 0.3) is 5.57 Å². The largest absolute Gasteiger partial charge is 0.279 e. The first-order chi connectivity index (χ1) is 10.4. The minimum absolute atomic E-state index is 0.287. The molecule has 114 valence electrons.